The number of hydrogen-bond donors (Lipinski definition) is 0. The minimum Gasteiger partial charge on any atom is -0.496 e. The van der Waals surface area contributed by atoms with Gasteiger partial charge >= 0.3 is 0 Å². The lowest BCUT2D eigenvalue weighted by Crippen LogP contribution is -2.26. The van der Waals surface area contributed by atoms with Crippen LogP contribution in [0.2, 0.25) is 0 Å². The fourth-order valence-electron chi connectivity index (χ4n) is 2.22. The Balaban J connectivity index is 2.23. The van der Waals surface area contributed by atoms with Gasteiger partial charge in [0, 0.05) is 28.5 Å². The third-order valence-electron chi connectivity index (χ3n) is 3.33. The molecular formula is C17H18BrNO2S. The van der Waals surface area contributed by atoms with Crippen LogP contribution in [0, 0.1) is 0 Å². The van der Waals surface area contributed by atoms with Gasteiger partial charge in [-0.3, -0.25) is 4.79 Å². The van der Waals surface area contributed by atoms with Crippen molar-refractivity contribution in [3.63, 3.8) is 0 Å². The summed E-state index contributed by atoms with van der Waals surface area (Å²) in [6.07, 6.45) is 1.98. The molecule has 0 heterocycles. The predicted molar refractivity (Wildman–Crippen MR) is 94.7 cm³/mol. The number of benzene rings is 2. The first-order chi connectivity index (χ1) is 10.6. The summed E-state index contributed by atoms with van der Waals surface area (Å²) >= 11 is 5.04. The maximum Gasteiger partial charge on any atom is 0.255 e. The van der Waals surface area contributed by atoms with Crippen LogP contribution in [-0.4, -0.2) is 31.2 Å². The number of hydrogen-bond acceptors (Lipinski definition) is 3. The van der Waals surface area contributed by atoms with Crippen molar-refractivity contribution in [2.45, 2.75) is 11.4 Å². The number of amides is 1. The number of halogens is 1. The Bertz CT molecular complexity index is 675. The Morgan fingerprint density at radius 2 is 2.00 bits per heavy atom. The van der Waals surface area contributed by atoms with Gasteiger partial charge in [0.15, 0.2) is 0 Å². The smallest absolute Gasteiger partial charge is 0.255 e. The van der Waals surface area contributed by atoms with Crippen LogP contribution in [0.15, 0.2) is 51.8 Å². The first-order valence-corrected chi connectivity index (χ1v) is 8.79. The predicted octanol–water partition coefficient (Wildman–Crippen LogP) is 4.45. The molecule has 2 rings (SSSR count). The SMILES string of the molecule is COc1ccc(Br)cc1CN(C)C(=O)c1ccccc1SC. The van der Waals surface area contributed by atoms with Gasteiger partial charge in [0.25, 0.3) is 5.91 Å². The van der Waals surface area contributed by atoms with Crippen molar-refractivity contribution < 1.29 is 9.53 Å². The van der Waals surface area contributed by atoms with E-state index in [-0.39, 0.29) is 5.91 Å². The molecule has 0 saturated carbocycles. The maximum absolute atomic E-state index is 12.7. The molecule has 0 fully saturated rings. The molecule has 0 aromatic heterocycles. The second-order valence-corrected chi connectivity index (χ2v) is 6.58. The molecule has 0 saturated heterocycles. The van der Waals surface area contributed by atoms with Gasteiger partial charge in [-0.15, -0.1) is 11.8 Å². The third-order valence-corrected chi connectivity index (χ3v) is 4.62. The summed E-state index contributed by atoms with van der Waals surface area (Å²) < 4.78 is 6.34. The van der Waals surface area contributed by atoms with Crippen molar-refractivity contribution in [2.75, 3.05) is 20.4 Å². The van der Waals surface area contributed by atoms with Crippen LogP contribution < -0.4 is 4.74 Å². The van der Waals surface area contributed by atoms with Gasteiger partial charge < -0.3 is 9.64 Å². The van der Waals surface area contributed by atoms with E-state index in [1.807, 2.05) is 48.7 Å². The van der Waals surface area contributed by atoms with Crippen LogP contribution in [-0.2, 0) is 6.54 Å². The topological polar surface area (TPSA) is 29.5 Å². The molecule has 1 amide bonds. The number of ether oxygens (including phenoxy) is 1. The number of nitrogens with zero attached hydrogens (tertiary/aromatic N) is 1. The summed E-state index contributed by atoms with van der Waals surface area (Å²) in [5.74, 6) is 0.785. The van der Waals surface area contributed by atoms with Crippen LogP contribution in [0.4, 0.5) is 0 Å². The number of rotatable bonds is 5. The molecule has 0 radical (unpaired) electrons. The average Bonchev–Trinajstić information content (AvgIpc) is 2.54. The Morgan fingerprint density at radius 3 is 2.68 bits per heavy atom. The Hall–Kier alpha value is -1.46. The molecular weight excluding hydrogens is 362 g/mol. The van der Waals surface area contributed by atoms with Gasteiger partial charge in [0.1, 0.15) is 5.75 Å². The highest BCUT2D eigenvalue weighted by Crippen LogP contribution is 2.26. The summed E-state index contributed by atoms with van der Waals surface area (Å²) in [7, 11) is 3.44. The largest absolute Gasteiger partial charge is 0.496 e. The lowest BCUT2D eigenvalue weighted by Gasteiger charge is -2.20. The highest BCUT2D eigenvalue weighted by atomic mass is 79.9. The molecule has 5 heteroatoms. The maximum atomic E-state index is 12.7. The molecule has 0 atom stereocenters. The summed E-state index contributed by atoms with van der Waals surface area (Å²) in [6.45, 7) is 0.490. The second kappa shape index (κ2) is 7.70. The van der Waals surface area contributed by atoms with Gasteiger partial charge in [-0.1, -0.05) is 28.1 Å². The minimum atomic E-state index is 0.00646. The molecule has 116 valence electrons. The third kappa shape index (κ3) is 3.84. The fraction of sp³-hybridized carbons (Fsp3) is 0.235. The van der Waals surface area contributed by atoms with Gasteiger partial charge in [-0.05, 0) is 36.6 Å². The Morgan fingerprint density at radius 1 is 1.27 bits per heavy atom. The van der Waals surface area contributed by atoms with Crippen molar-refractivity contribution >= 4 is 33.6 Å². The number of carbonyl (C=O) groups excluding carboxylic acids is 1. The van der Waals surface area contributed by atoms with Crippen molar-refractivity contribution in [2.24, 2.45) is 0 Å². The monoisotopic (exact) mass is 379 g/mol. The van der Waals surface area contributed by atoms with E-state index in [1.165, 1.54) is 0 Å². The van der Waals surface area contributed by atoms with Crippen molar-refractivity contribution in [3.8, 4) is 5.75 Å². The Kier molecular flexibility index (Phi) is 5.91. The van der Waals surface area contributed by atoms with E-state index in [2.05, 4.69) is 15.9 Å². The zero-order valence-corrected chi connectivity index (χ0v) is 15.2. The van der Waals surface area contributed by atoms with E-state index in [1.54, 1.807) is 30.8 Å². The summed E-state index contributed by atoms with van der Waals surface area (Å²) in [6, 6.07) is 13.5. The quantitative estimate of drug-likeness (QED) is 0.718. The van der Waals surface area contributed by atoms with Crippen LogP contribution in [0.3, 0.4) is 0 Å². The highest BCUT2D eigenvalue weighted by Gasteiger charge is 2.17. The van der Waals surface area contributed by atoms with Crippen molar-refractivity contribution in [3.05, 3.63) is 58.1 Å². The van der Waals surface area contributed by atoms with Gasteiger partial charge in [0.2, 0.25) is 0 Å². The van der Waals surface area contributed by atoms with E-state index < -0.39 is 0 Å². The zero-order chi connectivity index (χ0) is 16.1. The first-order valence-electron chi connectivity index (χ1n) is 6.77. The standard InChI is InChI=1S/C17H18BrNO2S/c1-19(11-12-10-13(18)8-9-15(12)21-2)17(20)14-6-4-5-7-16(14)22-3/h4-10H,11H2,1-3H3. The first kappa shape index (κ1) is 16.9. The normalized spacial score (nSPS) is 10.4. The lowest BCUT2D eigenvalue weighted by molar-refractivity contribution is 0.0781. The van der Waals surface area contributed by atoms with E-state index >= 15 is 0 Å². The van der Waals surface area contributed by atoms with Crippen molar-refractivity contribution in [1.82, 2.24) is 4.90 Å². The minimum absolute atomic E-state index is 0.00646. The van der Waals surface area contributed by atoms with Gasteiger partial charge in [0.05, 0.1) is 12.7 Å². The molecule has 0 spiro atoms. The van der Waals surface area contributed by atoms with Crippen LogP contribution >= 0.6 is 27.7 Å². The van der Waals surface area contributed by atoms with Gasteiger partial charge in [-0.2, -0.15) is 0 Å². The van der Waals surface area contributed by atoms with Crippen LogP contribution in [0.5, 0.6) is 5.75 Å². The molecule has 3 nitrogen and oxygen atoms in total. The van der Waals surface area contributed by atoms with E-state index in [0.29, 0.717) is 6.54 Å². The van der Waals surface area contributed by atoms with Gasteiger partial charge in [-0.25, -0.2) is 0 Å². The lowest BCUT2D eigenvalue weighted by atomic mass is 10.1. The van der Waals surface area contributed by atoms with Crippen LogP contribution in [0.25, 0.3) is 0 Å². The number of thioether (sulfide) groups is 1. The Labute approximate surface area is 143 Å². The van der Waals surface area contributed by atoms with Crippen LogP contribution in [0.1, 0.15) is 15.9 Å². The molecule has 0 aliphatic rings. The summed E-state index contributed by atoms with van der Waals surface area (Å²) in [5, 5.41) is 0. The van der Waals surface area contributed by atoms with E-state index in [0.717, 1.165) is 26.2 Å². The fourth-order valence-corrected chi connectivity index (χ4v) is 3.22. The molecule has 0 bridgehead atoms. The molecule has 2 aromatic rings. The molecule has 0 N–H and O–H groups in total. The van der Waals surface area contributed by atoms with Crippen molar-refractivity contribution in [1.29, 1.82) is 0 Å². The summed E-state index contributed by atoms with van der Waals surface area (Å²) in [5.41, 5.74) is 1.70. The number of methoxy groups -OCH3 is 1. The molecule has 2 aromatic carbocycles. The second-order valence-electron chi connectivity index (χ2n) is 4.82. The van der Waals surface area contributed by atoms with E-state index in [4.69, 9.17) is 4.74 Å². The average molecular weight is 380 g/mol. The molecule has 0 unspecified atom stereocenters. The molecule has 0 aliphatic carbocycles. The summed E-state index contributed by atoms with van der Waals surface area (Å²) in [4.78, 5) is 15.4. The zero-order valence-electron chi connectivity index (χ0n) is 12.8. The molecule has 22 heavy (non-hydrogen) atoms. The number of carbonyl (C=O) groups is 1. The molecule has 0 aliphatic heterocycles. The van der Waals surface area contributed by atoms with E-state index in [9.17, 15) is 4.79 Å². The highest BCUT2D eigenvalue weighted by molar-refractivity contribution is 9.10.